The van der Waals surface area contributed by atoms with Gasteiger partial charge in [-0.2, -0.15) is 5.26 Å². The van der Waals surface area contributed by atoms with Crippen molar-refractivity contribution in [3.8, 4) is 6.07 Å². The molecule has 0 spiro atoms. The summed E-state index contributed by atoms with van der Waals surface area (Å²) in [5.41, 5.74) is 3.06. The Bertz CT molecular complexity index is 1040. The number of rotatable bonds is 9. The highest BCUT2D eigenvalue weighted by Gasteiger charge is 2.48. The molecule has 4 heteroatoms. The van der Waals surface area contributed by atoms with Crippen molar-refractivity contribution >= 4 is 8.32 Å². The van der Waals surface area contributed by atoms with Crippen molar-refractivity contribution in [2.75, 3.05) is 0 Å². The van der Waals surface area contributed by atoms with Crippen LogP contribution in [-0.4, -0.2) is 20.5 Å². The molecular weight excluding hydrogens is 410 g/mol. The van der Waals surface area contributed by atoms with Gasteiger partial charge in [-0.3, -0.25) is 0 Å². The van der Waals surface area contributed by atoms with Gasteiger partial charge in [-0.1, -0.05) is 84.9 Å². The van der Waals surface area contributed by atoms with Gasteiger partial charge in [-0.05, 0) is 55.7 Å². The molecule has 0 saturated heterocycles. The maximum atomic E-state index is 10.8. The zero-order valence-corrected chi connectivity index (χ0v) is 20.7. The van der Waals surface area contributed by atoms with Crippen LogP contribution in [0.1, 0.15) is 29.2 Å². The van der Waals surface area contributed by atoms with E-state index in [9.17, 15) is 5.26 Å². The van der Waals surface area contributed by atoms with Crippen LogP contribution in [0, 0.1) is 18.3 Å². The number of benzene rings is 3. The van der Waals surface area contributed by atoms with Crippen LogP contribution < -0.4 is 0 Å². The second-order valence-corrected chi connectivity index (χ2v) is 13.7. The molecule has 0 aromatic heterocycles. The third kappa shape index (κ3) is 5.36. The summed E-state index contributed by atoms with van der Waals surface area (Å²) in [7, 11) is -2.03. The molecule has 0 aliphatic carbocycles. The lowest BCUT2D eigenvalue weighted by atomic mass is 9.68. The second-order valence-electron chi connectivity index (χ2n) is 9.25. The molecule has 0 bridgehead atoms. The lowest BCUT2D eigenvalue weighted by molar-refractivity contribution is -0.0437. The van der Waals surface area contributed by atoms with Gasteiger partial charge in [0.1, 0.15) is 5.41 Å². The van der Waals surface area contributed by atoms with Crippen molar-refractivity contribution in [3.63, 3.8) is 0 Å². The third-order valence-electron chi connectivity index (χ3n) is 5.66. The summed E-state index contributed by atoms with van der Waals surface area (Å²) < 4.78 is 13.2. The van der Waals surface area contributed by atoms with Crippen molar-refractivity contribution in [1.29, 1.82) is 5.26 Å². The van der Waals surface area contributed by atoms with E-state index in [2.05, 4.69) is 56.9 Å². The predicted molar refractivity (Wildman–Crippen MR) is 133 cm³/mol. The Labute approximate surface area is 193 Å². The zero-order valence-electron chi connectivity index (χ0n) is 19.7. The van der Waals surface area contributed by atoms with Crippen LogP contribution in [0.3, 0.4) is 0 Å². The lowest BCUT2D eigenvalue weighted by Gasteiger charge is -2.42. The normalized spacial score (nSPS) is 15.4. The van der Waals surface area contributed by atoms with Gasteiger partial charge >= 0.3 is 0 Å². The summed E-state index contributed by atoms with van der Waals surface area (Å²) in [6.45, 7) is 11.0. The first kappa shape index (κ1) is 23.9. The molecule has 3 aromatic carbocycles. The molecule has 0 aliphatic heterocycles. The summed E-state index contributed by atoms with van der Waals surface area (Å²) in [4.78, 5) is 0. The van der Waals surface area contributed by atoms with Crippen LogP contribution in [0.25, 0.3) is 0 Å². The number of nitrogens with zero attached hydrogens (tertiary/aromatic N) is 1. The van der Waals surface area contributed by atoms with E-state index in [1.54, 1.807) is 0 Å². The summed E-state index contributed by atoms with van der Waals surface area (Å²) >= 11 is 0. The zero-order chi connectivity index (χ0) is 23.2. The van der Waals surface area contributed by atoms with E-state index in [1.807, 2.05) is 67.6 Å². The molecule has 0 fully saturated rings. The van der Waals surface area contributed by atoms with Gasteiger partial charge < -0.3 is 9.16 Å². The van der Waals surface area contributed by atoms with E-state index in [-0.39, 0.29) is 6.10 Å². The average molecular weight is 444 g/mol. The Hall–Kier alpha value is -2.71. The Morgan fingerprint density at radius 1 is 0.875 bits per heavy atom. The van der Waals surface area contributed by atoms with Crippen LogP contribution >= 0.6 is 0 Å². The van der Waals surface area contributed by atoms with Crippen LogP contribution in [-0.2, 0) is 21.2 Å². The molecule has 166 valence electrons. The molecule has 0 saturated carbocycles. The molecular formula is C28H33NO2Si. The van der Waals surface area contributed by atoms with E-state index in [0.29, 0.717) is 6.61 Å². The van der Waals surface area contributed by atoms with Crippen molar-refractivity contribution in [1.82, 2.24) is 0 Å². The average Bonchev–Trinajstić information content (AvgIpc) is 2.79. The number of aryl methyl sites for hydroxylation is 1. The monoisotopic (exact) mass is 443 g/mol. The Morgan fingerprint density at radius 3 is 2.00 bits per heavy atom. The fourth-order valence-corrected chi connectivity index (χ4v) is 5.31. The Kier molecular flexibility index (Phi) is 7.68. The van der Waals surface area contributed by atoms with Gasteiger partial charge in [-0.15, -0.1) is 0 Å². The molecule has 32 heavy (non-hydrogen) atoms. The maximum Gasteiger partial charge on any atom is 0.184 e. The minimum atomic E-state index is -2.03. The Balaban J connectivity index is 2.13. The standard InChI is InChI=1S/C28H33NO2Si/c1-22-14-12-13-19-26(22)28(21-29,25-17-10-7-11-18-25)27(31-32(3,4)5)23(2)30-20-24-15-8-6-9-16-24/h6-19,23,27H,20H2,1-5H3/t23-,27+,28-/m0/s1. The molecule has 0 N–H and O–H groups in total. The highest BCUT2D eigenvalue weighted by molar-refractivity contribution is 6.69. The summed E-state index contributed by atoms with van der Waals surface area (Å²) in [6, 6.07) is 31.0. The van der Waals surface area contributed by atoms with E-state index >= 15 is 0 Å². The van der Waals surface area contributed by atoms with Gasteiger partial charge in [0, 0.05) is 0 Å². The summed E-state index contributed by atoms with van der Waals surface area (Å²) in [5, 5.41) is 10.8. The van der Waals surface area contributed by atoms with Crippen LogP contribution in [0.5, 0.6) is 0 Å². The summed E-state index contributed by atoms with van der Waals surface area (Å²) in [6.07, 6.45) is -0.771. The molecule has 0 aliphatic rings. The van der Waals surface area contributed by atoms with Crippen LogP contribution in [0.15, 0.2) is 84.9 Å². The van der Waals surface area contributed by atoms with Crippen molar-refractivity contribution in [2.45, 2.75) is 57.7 Å². The molecule has 0 radical (unpaired) electrons. The fourth-order valence-electron chi connectivity index (χ4n) is 4.18. The van der Waals surface area contributed by atoms with E-state index in [4.69, 9.17) is 9.16 Å². The van der Waals surface area contributed by atoms with Crippen molar-refractivity contribution in [3.05, 3.63) is 107 Å². The molecule has 3 nitrogen and oxygen atoms in total. The quantitative estimate of drug-likeness (QED) is 0.349. The Morgan fingerprint density at radius 2 is 1.44 bits per heavy atom. The lowest BCUT2D eigenvalue weighted by Crippen LogP contribution is -2.52. The van der Waals surface area contributed by atoms with E-state index in [1.165, 1.54) is 0 Å². The van der Waals surface area contributed by atoms with Crippen molar-refractivity contribution < 1.29 is 9.16 Å². The SMILES string of the molecule is Cc1ccccc1[C@](C#N)(c1ccccc1)[C@H](O[Si](C)(C)C)[C@H](C)OCc1ccccc1. The van der Waals surface area contributed by atoms with E-state index in [0.717, 1.165) is 22.3 Å². The molecule has 0 unspecified atom stereocenters. The first-order valence-electron chi connectivity index (χ1n) is 11.1. The number of hydrogen-bond donors (Lipinski definition) is 0. The van der Waals surface area contributed by atoms with Crippen molar-refractivity contribution in [2.24, 2.45) is 0 Å². The highest BCUT2D eigenvalue weighted by atomic mass is 28.4. The van der Waals surface area contributed by atoms with Gasteiger partial charge in [0.25, 0.3) is 0 Å². The molecule has 3 atom stereocenters. The number of nitriles is 1. The van der Waals surface area contributed by atoms with Gasteiger partial charge in [0.05, 0.1) is 24.9 Å². The molecule has 3 aromatic rings. The highest BCUT2D eigenvalue weighted by Crippen LogP contribution is 2.41. The first-order valence-corrected chi connectivity index (χ1v) is 14.5. The maximum absolute atomic E-state index is 10.8. The van der Waals surface area contributed by atoms with Gasteiger partial charge in [0.15, 0.2) is 8.32 Å². The smallest absolute Gasteiger partial charge is 0.184 e. The predicted octanol–water partition coefficient (Wildman–Crippen LogP) is 6.63. The first-order chi connectivity index (χ1) is 15.3. The molecule has 3 rings (SSSR count). The number of hydrogen-bond acceptors (Lipinski definition) is 3. The second kappa shape index (κ2) is 10.3. The fraction of sp³-hybridized carbons (Fsp3) is 0.321. The van der Waals surface area contributed by atoms with Crippen LogP contribution in [0.4, 0.5) is 0 Å². The van der Waals surface area contributed by atoms with Gasteiger partial charge in [0.2, 0.25) is 0 Å². The third-order valence-corrected chi connectivity index (χ3v) is 6.63. The number of ether oxygens (including phenoxy) is 1. The van der Waals surface area contributed by atoms with Crippen LogP contribution in [0.2, 0.25) is 19.6 Å². The van der Waals surface area contributed by atoms with Gasteiger partial charge in [-0.25, -0.2) is 0 Å². The summed E-state index contributed by atoms with van der Waals surface area (Å²) in [5.74, 6) is 0. The molecule has 0 amide bonds. The van der Waals surface area contributed by atoms with E-state index < -0.39 is 19.8 Å². The largest absolute Gasteiger partial charge is 0.410 e. The minimum absolute atomic E-state index is 0.304. The minimum Gasteiger partial charge on any atom is -0.410 e. The molecule has 0 heterocycles. The topological polar surface area (TPSA) is 42.2 Å².